The van der Waals surface area contributed by atoms with Crippen molar-refractivity contribution in [3.05, 3.63) is 10.8 Å². The molecule has 0 spiro atoms. The van der Waals surface area contributed by atoms with Crippen LogP contribution in [0.3, 0.4) is 0 Å². The Morgan fingerprint density at radius 3 is 3.06 bits per heavy atom. The van der Waals surface area contributed by atoms with Crippen LogP contribution in [0.5, 0.6) is 0 Å². The van der Waals surface area contributed by atoms with Crippen LogP contribution in [0.1, 0.15) is 19.8 Å². The van der Waals surface area contributed by atoms with Gasteiger partial charge in [-0.05, 0) is 35.7 Å². The van der Waals surface area contributed by atoms with Gasteiger partial charge in [0.05, 0.1) is 6.10 Å². The first kappa shape index (κ1) is 13.5. The number of anilines is 2. The number of nitrogens with zero attached hydrogens (tertiary/aromatic N) is 3. The lowest BCUT2D eigenvalue weighted by Gasteiger charge is -2.23. The smallest absolute Gasteiger partial charge is 0.148 e. The molecule has 1 saturated heterocycles. The van der Waals surface area contributed by atoms with Gasteiger partial charge in [0.1, 0.15) is 22.4 Å². The Labute approximate surface area is 116 Å². The second kappa shape index (κ2) is 6.33. The molecular weight excluding hydrogens is 296 g/mol. The lowest BCUT2D eigenvalue weighted by molar-refractivity contribution is 0.116. The maximum atomic E-state index is 5.65. The number of nitrogens with one attached hydrogen (secondary N) is 1. The zero-order valence-electron chi connectivity index (χ0n) is 10.8. The highest BCUT2D eigenvalue weighted by atomic mass is 79.9. The Hall–Kier alpha value is -0.880. The monoisotopic (exact) mass is 314 g/mol. The van der Waals surface area contributed by atoms with E-state index in [0.717, 1.165) is 48.6 Å². The molecule has 1 atom stereocenters. The van der Waals surface area contributed by atoms with Crippen LogP contribution in [0.4, 0.5) is 11.6 Å². The summed E-state index contributed by atoms with van der Waals surface area (Å²) in [4.78, 5) is 10.7. The SMILES string of the molecule is CCNc1ncnc(N(C)CC2CCCO2)c1Br. The lowest BCUT2D eigenvalue weighted by atomic mass is 10.2. The van der Waals surface area contributed by atoms with Crippen LogP contribution in [0, 0.1) is 0 Å². The molecule has 1 fully saturated rings. The number of likely N-dealkylation sites (N-methyl/N-ethyl adjacent to an activating group) is 1. The Kier molecular flexibility index (Phi) is 4.77. The van der Waals surface area contributed by atoms with Crippen molar-refractivity contribution in [2.45, 2.75) is 25.9 Å². The zero-order chi connectivity index (χ0) is 13.0. The van der Waals surface area contributed by atoms with Gasteiger partial charge < -0.3 is 15.0 Å². The minimum absolute atomic E-state index is 0.319. The summed E-state index contributed by atoms with van der Waals surface area (Å²) in [6.07, 6.45) is 4.20. The molecule has 0 radical (unpaired) electrons. The summed E-state index contributed by atoms with van der Waals surface area (Å²) < 4.78 is 6.56. The summed E-state index contributed by atoms with van der Waals surface area (Å²) in [6, 6.07) is 0. The summed E-state index contributed by atoms with van der Waals surface area (Å²) >= 11 is 3.56. The van der Waals surface area contributed by atoms with E-state index in [2.05, 4.69) is 36.1 Å². The lowest BCUT2D eigenvalue weighted by Crippen LogP contribution is -2.29. The molecule has 0 aromatic carbocycles. The van der Waals surface area contributed by atoms with Crippen LogP contribution in [-0.4, -0.2) is 42.8 Å². The maximum Gasteiger partial charge on any atom is 0.148 e. The van der Waals surface area contributed by atoms with Gasteiger partial charge in [-0.2, -0.15) is 0 Å². The third kappa shape index (κ3) is 3.11. The van der Waals surface area contributed by atoms with Gasteiger partial charge in [0, 0.05) is 26.7 Å². The highest BCUT2D eigenvalue weighted by molar-refractivity contribution is 9.10. The summed E-state index contributed by atoms with van der Waals surface area (Å²) in [7, 11) is 2.03. The number of hydrogen-bond acceptors (Lipinski definition) is 5. The van der Waals surface area contributed by atoms with Crippen LogP contribution in [0.2, 0.25) is 0 Å². The molecule has 100 valence electrons. The molecule has 1 aromatic rings. The van der Waals surface area contributed by atoms with E-state index in [4.69, 9.17) is 4.74 Å². The summed E-state index contributed by atoms with van der Waals surface area (Å²) in [5.41, 5.74) is 0. The van der Waals surface area contributed by atoms with Gasteiger partial charge in [-0.25, -0.2) is 9.97 Å². The van der Waals surface area contributed by atoms with Crippen LogP contribution >= 0.6 is 15.9 Å². The fourth-order valence-corrected chi connectivity index (χ4v) is 2.75. The zero-order valence-corrected chi connectivity index (χ0v) is 12.4. The van der Waals surface area contributed by atoms with Crippen LogP contribution in [0.15, 0.2) is 10.8 Å². The molecule has 18 heavy (non-hydrogen) atoms. The Morgan fingerprint density at radius 1 is 1.56 bits per heavy atom. The Morgan fingerprint density at radius 2 is 2.39 bits per heavy atom. The van der Waals surface area contributed by atoms with Crippen molar-refractivity contribution in [1.29, 1.82) is 0 Å². The molecule has 0 saturated carbocycles. The van der Waals surface area contributed by atoms with Crippen molar-refractivity contribution < 1.29 is 4.74 Å². The molecule has 2 rings (SSSR count). The van der Waals surface area contributed by atoms with E-state index >= 15 is 0 Å². The average molecular weight is 315 g/mol. The van der Waals surface area contributed by atoms with E-state index in [0.29, 0.717) is 6.10 Å². The van der Waals surface area contributed by atoms with Crippen molar-refractivity contribution in [3.8, 4) is 0 Å². The molecule has 1 N–H and O–H groups in total. The second-order valence-corrected chi connectivity index (χ2v) is 5.20. The molecule has 0 amide bonds. The number of hydrogen-bond donors (Lipinski definition) is 1. The first-order valence-corrected chi connectivity index (χ1v) is 7.08. The Bertz CT molecular complexity index is 396. The molecule has 0 aliphatic carbocycles. The third-order valence-electron chi connectivity index (χ3n) is 2.98. The largest absolute Gasteiger partial charge is 0.376 e. The van der Waals surface area contributed by atoms with E-state index in [1.165, 1.54) is 0 Å². The minimum Gasteiger partial charge on any atom is -0.376 e. The Balaban J connectivity index is 2.08. The van der Waals surface area contributed by atoms with Gasteiger partial charge in [0.25, 0.3) is 0 Å². The van der Waals surface area contributed by atoms with Crippen molar-refractivity contribution in [1.82, 2.24) is 9.97 Å². The molecule has 1 aromatic heterocycles. The minimum atomic E-state index is 0.319. The van der Waals surface area contributed by atoms with E-state index in [9.17, 15) is 0 Å². The number of aromatic nitrogens is 2. The molecule has 5 nitrogen and oxygen atoms in total. The standard InChI is InChI=1S/C12H19BrN4O/c1-3-14-11-10(13)12(16-8-15-11)17(2)7-9-5-4-6-18-9/h8-9H,3-7H2,1-2H3,(H,14,15,16). The van der Waals surface area contributed by atoms with E-state index in [1.807, 2.05) is 14.0 Å². The second-order valence-electron chi connectivity index (χ2n) is 4.41. The van der Waals surface area contributed by atoms with Crippen LogP contribution in [0.25, 0.3) is 0 Å². The van der Waals surface area contributed by atoms with E-state index in [-0.39, 0.29) is 0 Å². The van der Waals surface area contributed by atoms with Gasteiger partial charge in [0.15, 0.2) is 0 Å². The molecule has 0 bridgehead atoms. The third-order valence-corrected chi connectivity index (χ3v) is 3.71. The fourth-order valence-electron chi connectivity index (χ4n) is 2.10. The number of ether oxygens (including phenoxy) is 1. The number of halogens is 1. The van der Waals surface area contributed by atoms with Crippen molar-refractivity contribution >= 4 is 27.6 Å². The van der Waals surface area contributed by atoms with E-state index < -0.39 is 0 Å². The topological polar surface area (TPSA) is 50.3 Å². The van der Waals surface area contributed by atoms with Gasteiger partial charge in [-0.15, -0.1) is 0 Å². The van der Waals surface area contributed by atoms with Crippen LogP contribution < -0.4 is 10.2 Å². The van der Waals surface area contributed by atoms with Crippen molar-refractivity contribution in [2.75, 3.05) is 37.0 Å². The quantitative estimate of drug-likeness (QED) is 0.903. The van der Waals surface area contributed by atoms with E-state index in [1.54, 1.807) is 6.33 Å². The van der Waals surface area contributed by atoms with Gasteiger partial charge in [0.2, 0.25) is 0 Å². The summed E-state index contributed by atoms with van der Waals surface area (Å²) in [5, 5.41) is 3.21. The summed E-state index contributed by atoms with van der Waals surface area (Å²) in [5.74, 6) is 1.73. The maximum absolute atomic E-state index is 5.65. The molecule has 1 aliphatic heterocycles. The van der Waals surface area contributed by atoms with Gasteiger partial charge in [-0.3, -0.25) is 0 Å². The predicted octanol–water partition coefficient (Wildman–Crippen LogP) is 2.29. The normalized spacial score (nSPS) is 18.9. The fraction of sp³-hybridized carbons (Fsp3) is 0.667. The predicted molar refractivity (Wildman–Crippen MR) is 76.1 cm³/mol. The van der Waals surface area contributed by atoms with Gasteiger partial charge >= 0.3 is 0 Å². The highest BCUT2D eigenvalue weighted by Gasteiger charge is 2.20. The molecular formula is C12H19BrN4O. The van der Waals surface area contributed by atoms with Gasteiger partial charge in [-0.1, -0.05) is 0 Å². The molecule has 2 heterocycles. The first-order chi connectivity index (χ1) is 8.72. The molecule has 1 unspecified atom stereocenters. The van der Waals surface area contributed by atoms with Crippen molar-refractivity contribution in [2.24, 2.45) is 0 Å². The average Bonchev–Trinajstić information content (AvgIpc) is 2.85. The first-order valence-electron chi connectivity index (χ1n) is 6.29. The number of rotatable bonds is 5. The van der Waals surface area contributed by atoms with Crippen molar-refractivity contribution in [3.63, 3.8) is 0 Å². The summed E-state index contributed by atoms with van der Waals surface area (Å²) in [6.45, 7) is 4.63. The highest BCUT2D eigenvalue weighted by Crippen LogP contribution is 2.29. The molecule has 1 aliphatic rings. The molecule has 6 heteroatoms. The van der Waals surface area contributed by atoms with Crippen LogP contribution in [-0.2, 0) is 4.74 Å².